The quantitative estimate of drug-likeness (QED) is 0.375. The minimum Gasteiger partial charge on any atom is -0.508 e. The Bertz CT molecular complexity index is 1240. The number of hydrogen-bond donors (Lipinski definition) is 3. The molecule has 32 heavy (non-hydrogen) atoms. The molecule has 0 aliphatic heterocycles. The van der Waals surface area contributed by atoms with Gasteiger partial charge in [0.15, 0.2) is 0 Å². The van der Waals surface area contributed by atoms with Crippen molar-refractivity contribution in [2.45, 2.75) is 18.4 Å². The molecule has 0 aliphatic rings. The molecule has 3 aromatic rings. The first-order chi connectivity index (χ1) is 15.2. The highest BCUT2D eigenvalue weighted by molar-refractivity contribution is 7.89. The van der Waals surface area contributed by atoms with Crippen LogP contribution in [0.1, 0.15) is 27.0 Å². The standard InChI is InChI=1S/C23H23N3O5S/c1-16-3-11-21(12-4-16)32(30,31)26(2)15-17-5-7-18(8-6-17)23(29)25-24-14-19-9-10-20(27)13-22(19)28/h3-14,27-28H,15H2,1-2H3,(H,25,29). The molecule has 0 aliphatic carbocycles. The van der Waals surface area contributed by atoms with Crippen LogP contribution in [0.3, 0.4) is 0 Å². The second-order valence-electron chi connectivity index (χ2n) is 7.21. The molecule has 0 heterocycles. The number of carbonyl (C=O) groups is 1. The Labute approximate surface area is 186 Å². The number of benzene rings is 3. The first-order valence-electron chi connectivity index (χ1n) is 9.64. The second kappa shape index (κ2) is 9.63. The Morgan fingerprint density at radius 1 is 1.03 bits per heavy atom. The fraction of sp³-hybridized carbons (Fsp3) is 0.130. The van der Waals surface area contributed by atoms with Crippen molar-refractivity contribution in [2.75, 3.05) is 7.05 Å². The number of aryl methyl sites for hydroxylation is 1. The van der Waals surface area contributed by atoms with Crippen LogP contribution in [0.25, 0.3) is 0 Å². The Morgan fingerprint density at radius 2 is 1.69 bits per heavy atom. The van der Waals surface area contributed by atoms with Crippen molar-refractivity contribution in [1.82, 2.24) is 9.73 Å². The molecule has 0 unspecified atom stereocenters. The summed E-state index contributed by atoms with van der Waals surface area (Å²) in [6.07, 6.45) is 1.26. The van der Waals surface area contributed by atoms with E-state index in [1.165, 1.54) is 29.7 Å². The summed E-state index contributed by atoms with van der Waals surface area (Å²) in [6, 6.07) is 17.2. The van der Waals surface area contributed by atoms with Gasteiger partial charge in [-0.25, -0.2) is 13.8 Å². The average Bonchev–Trinajstić information content (AvgIpc) is 2.76. The van der Waals surface area contributed by atoms with E-state index >= 15 is 0 Å². The third kappa shape index (κ3) is 5.51. The number of aromatic hydroxyl groups is 2. The Balaban J connectivity index is 1.62. The molecule has 0 atom stereocenters. The van der Waals surface area contributed by atoms with E-state index < -0.39 is 15.9 Å². The fourth-order valence-corrected chi connectivity index (χ4v) is 4.02. The van der Waals surface area contributed by atoms with Gasteiger partial charge in [0.1, 0.15) is 11.5 Å². The largest absolute Gasteiger partial charge is 0.508 e. The van der Waals surface area contributed by atoms with Gasteiger partial charge in [-0.1, -0.05) is 29.8 Å². The summed E-state index contributed by atoms with van der Waals surface area (Å²) < 4.78 is 26.7. The Kier molecular flexibility index (Phi) is 6.92. The summed E-state index contributed by atoms with van der Waals surface area (Å²) in [5, 5.41) is 22.8. The van der Waals surface area contributed by atoms with E-state index in [4.69, 9.17) is 0 Å². The van der Waals surface area contributed by atoms with Gasteiger partial charge in [-0.2, -0.15) is 9.41 Å². The zero-order chi connectivity index (χ0) is 23.3. The number of rotatable bonds is 7. The Hall–Kier alpha value is -3.69. The van der Waals surface area contributed by atoms with E-state index in [1.807, 2.05) is 6.92 Å². The number of hydrogen-bond acceptors (Lipinski definition) is 6. The molecule has 3 aromatic carbocycles. The number of phenols is 2. The number of phenolic OH excluding ortho intramolecular Hbond substituents is 2. The van der Waals surface area contributed by atoms with Crippen LogP contribution in [-0.4, -0.2) is 42.1 Å². The van der Waals surface area contributed by atoms with Crippen LogP contribution in [0.15, 0.2) is 76.7 Å². The van der Waals surface area contributed by atoms with Crippen LogP contribution in [0.5, 0.6) is 11.5 Å². The highest BCUT2D eigenvalue weighted by Gasteiger charge is 2.20. The van der Waals surface area contributed by atoms with Crippen molar-refractivity contribution in [3.63, 3.8) is 0 Å². The summed E-state index contributed by atoms with van der Waals surface area (Å²) in [4.78, 5) is 12.5. The van der Waals surface area contributed by atoms with Crippen LogP contribution in [-0.2, 0) is 16.6 Å². The molecule has 3 N–H and O–H groups in total. The van der Waals surface area contributed by atoms with Crippen LogP contribution >= 0.6 is 0 Å². The molecule has 1 amide bonds. The van der Waals surface area contributed by atoms with Gasteiger partial charge < -0.3 is 10.2 Å². The number of carbonyl (C=O) groups excluding carboxylic acids is 1. The van der Waals surface area contributed by atoms with Crippen molar-refractivity contribution in [3.8, 4) is 11.5 Å². The summed E-state index contributed by atoms with van der Waals surface area (Å²) in [7, 11) is -2.12. The van der Waals surface area contributed by atoms with E-state index in [0.717, 1.165) is 17.2 Å². The lowest BCUT2D eigenvalue weighted by atomic mass is 10.1. The number of nitrogens with one attached hydrogen (secondary N) is 1. The summed E-state index contributed by atoms with van der Waals surface area (Å²) in [6.45, 7) is 2.04. The maximum Gasteiger partial charge on any atom is 0.271 e. The predicted molar refractivity (Wildman–Crippen MR) is 121 cm³/mol. The lowest BCUT2D eigenvalue weighted by Crippen LogP contribution is -2.26. The molecular formula is C23H23N3O5S. The number of sulfonamides is 1. The maximum atomic E-state index is 12.7. The molecule has 9 heteroatoms. The first-order valence-corrected chi connectivity index (χ1v) is 11.1. The average molecular weight is 454 g/mol. The Morgan fingerprint density at radius 3 is 2.31 bits per heavy atom. The molecule has 0 aromatic heterocycles. The summed E-state index contributed by atoms with van der Waals surface area (Å²) >= 11 is 0. The third-order valence-electron chi connectivity index (χ3n) is 4.73. The fourth-order valence-electron chi connectivity index (χ4n) is 2.86. The van der Waals surface area contributed by atoms with Gasteiger partial charge in [-0.3, -0.25) is 4.79 Å². The SMILES string of the molecule is Cc1ccc(S(=O)(=O)N(C)Cc2ccc(C(=O)NN=Cc3ccc(O)cc3O)cc2)cc1. The van der Waals surface area contributed by atoms with E-state index in [0.29, 0.717) is 11.1 Å². The third-order valence-corrected chi connectivity index (χ3v) is 6.55. The monoisotopic (exact) mass is 453 g/mol. The van der Waals surface area contributed by atoms with Gasteiger partial charge in [0.25, 0.3) is 5.91 Å². The summed E-state index contributed by atoms with van der Waals surface area (Å²) in [5.74, 6) is -0.718. The van der Waals surface area contributed by atoms with Gasteiger partial charge >= 0.3 is 0 Å². The highest BCUT2D eigenvalue weighted by Crippen LogP contribution is 2.21. The van der Waals surface area contributed by atoms with E-state index in [9.17, 15) is 23.4 Å². The lowest BCUT2D eigenvalue weighted by Gasteiger charge is -2.17. The zero-order valence-electron chi connectivity index (χ0n) is 17.6. The molecule has 166 valence electrons. The molecule has 3 rings (SSSR count). The minimum atomic E-state index is -3.63. The van der Waals surface area contributed by atoms with E-state index in [1.54, 1.807) is 48.5 Å². The smallest absolute Gasteiger partial charge is 0.271 e. The maximum absolute atomic E-state index is 12.7. The summed E-state index contributed by atoms with van der Waals surface area (Å²) in [5.41, 5.74) is 4.71. The second-order valence-corrected chi connectivity index (χ2v) is 9.26. The number of amides is 1. The number of nitrogens with zero attached hydrogens (tertiary/aromatic N) is 2. The van der Waals surface area contributed by atoms with Crippen molar-refractivity contribution in [2.24, 2.45) is 5.10 Å². The van der Waals surface area contributed by atoms with Crippen LogP contribution < -0.4 is 5.43 Å². The van der Waals surface area contributed by atoms with Gasteiger partial charge in [0, 0.05) is 30.8 Å². The zero-order valence-corrected chi connectivity index (χ0v) is 18.4. The van der Waals surface area contributed by atoms with Crippen LogP contribution in [0, 0.1) is 6.92 Å². The predicted octanol–water partition coefficient (Wildman–Crippen LogP) is 2.99. The molecule has 0 saturated heterocycles. The van der Waals surface area contributed by atoms with Gasteiger partial charge in [0.05, 0.1) is 11.1 Å². The normalized spacial score (nSPS) is 11.7. The van der Waals surface area contributed by atoms with Crippen molar-refractivity contribution >= 4 is 22.1 Å². The lowest BCUT2D eigenvalue weighted by molar-refractivity contribution is 0.0955. The number of hydrazone groups is 1. The van der Waals surface area contributed by atoms with Crippen LogP contribution in [0.4, 0.5) is 0 Å². The van der Waals surface area contributed by atoms with E-state index in [-0.39, 0.29) is 22.9 Å². The van der Waals surface area contributed by atoms with Gasteiger partial charge in [-0.15, -0.1) is 0 Å². The van der Waals surface area contributed by atoms with E-state index in [2.05, 4.69) is 10.5 Å². The molecule has 0 bridgehead atoms. The van der Waals surface area contributed by atoms with Gasteiger partial charge in [0.2, 0.25) is 10.0 Å². The molecule has 8 nitrogen and oxygen atoms in total. The van der Waals surface area contributed by atoms with Gasteiger partial charge in [-0.05, 0) is 48.9 Å². The molecule has 0 fully saturated rings. The minimum absolute atomic E-state index is 0.0823. The topological polar surface area (TPSA) is 119 Å². The van der Waals surface area contributed by atoms with Crippen molar-refractivity contribution in [3.05, 3.63) is 89.0 Å². The van der Waals surface area contributed by atoms with Crippen LogP contribution in [0.2, 0.25) is 0 Å². The molecule has 0 radical (unpaired) electrons. The molecule has 0 spiro atoms. The first kappa shape index (κ1) is 23.0. The molecular weight excluding hydrogens is 430 g/mol. The highest BCUT2D eigenvalue weighted by atomic mass is 32.2. The molecule has 0 saturated carbocycles. The van der Waals surface area contributed by atoms with Crippen molar-refractivity contribution < 1.29 is 23.4 Å². The van der Waals surface area contributed by atoms with Crippen molar-refractivity contribution in [1.29, 1.82) is 0 Å².